The SMILES string of the molecule is COc1ccc(CN(c2nccs2)S(=O)(=O)c2cc(Cl)c(SCCc3ccccc3)cc2F)c(OC)c1. The molecule has 194 valence electrons. The lowest BCUT2D eigenvalue weighted by molar-refractivity contribution is 0.391. The lowest BCUT2D eigenvalue weighted by Gasteiger charge is -2.23. The maximum Gasteiger partial charge on any atom is 0.269 e. The van der Waals surface area contributed by atoms with Crippen molar-refractivity contribution in [2.75, 3.05) is 24.3 Å². The summed E-state index contributed by atoms with van der Waals surface area (Å²) in [6, 6.07) is 17.3. The molecule has 0 aliphatic rings. The summed E-state index contributed by atoms with van der Waals surface area (Å²) in [5.74, 6) is 0.773. The molecule has 1 heterocycles. The number of rotatable bonds is 11. The van der Waals surface area contributed by atoms with E-state index in [2.05, 4.69) is 4.98 Å². The number of halogens is 2. The van der Waals surface area contributed by atoms with Crippen LogP contribution >= 0.6 is 34.7 Å². The minimum absolute atomic E-state index is 0.131. The van der Waals surface area contributed by atoms with E-state index in [0.717, 1.165) is 27.6 Å². The molecule has 0 aliphatic heterocycles. The summed E-state index contributed by atoms with van der Waals surface area (Å²) in [5.41, 5.74) is 1.71. The number of nitrogens with zero attached hydrogens (tertiary/aromatic N) is 2. The van der Waals surface area contributed by atoms with Gasteiger partial charge in [-0.3, -0.25) is 0 Å². The summed E-state index contributed by atoms with van der Waals surface area (Å²) in [5, 5.41) is 2.01. The van der Waals surface area contributed by atoms with E-state index in [1.807, 2.05) is 30.3 Å². The molecule has 0 spiro atoms. The van der Waals surface area contributed by atoms with Crippen molar-refractivity contribution in [1.29, 1.82) is 0 Å². The normalized spacial score (nSPS) is 11.4. The zero-order chi connectivity index (χ0) is 26.4. The van der Waals surface area contributed by atoms with Crippen LogP contribution in [0.5, 0.6) is 11.5 Å². The third kappa shape index (κ3) is 6.38. The maximum atomic E-state index is 15.3. The Morgan fingerprint density at radius 1 is 1.08 bits per heavy atom. The lowest BCUT2D eigenvalue weighted by Crippen LogP contribution is -2.31. The number of aromatic nitrogens is 1. The standard InChI is InChI=1S/C26H24ClFN2O4S3/c1-33-20-9-8-19(23(14-20)34-2)17-30(26-29-11-13-36-26)37(31,32)25-15-21(27)24(16-22(25)28)35-12-10-18-6-4-3-5-7-18/h3-9,11,13-16H,10,12,17H2,1-2H3. The lowest BCUT2D eigenvalue weighted by atomic mass is 10.2. The molecule has 0 fully saturated rings. The molecule has 0 bridgehead atoms. The van der Waals surface area contributed by atoms with E-state index in [9.17, 15) is 8.42 Å². The average Bonchev–Trinajstić information content (AvgIpc) is 3.44. The monoisotopic (exact) mass is 578 g/mol. The summed E-state index contributed by atoms with van der Waals surface area (Å²) >= 11 is 8.94. The van der Waals surface area contributed by atoms with Gasteiger partial charge >= 0.3 is 0 Å². The van der Waals surface area contributed by atoms with Crippen LogP contribution in [0.25, 0.3) is 0 Å². The van der Waals surface area contributed by atoms with Crippen molar-refractivity contribution in [2.45, 2.75) is 22.8 Å². The molecule has 0 N–H and O–H groups in total. The Labute approximate surface area is 229 Å². The number of thiazole rings is 1. The van der Waals surface area contributed by atoms with Gasteiger partial charge in [0.25, 0.3) is 10.0 Å². The molecule has 1 aromatic heterocycles. The molecule has 3 aromatic carbocycles. The molecule has 0 amide bonds. The Kier molecular flexibility index (Phi) is 8.96. The van der Waals surface area contributed by atoms with Gasteiger partial charge in [0, 0.05) is 33.9 Å². The van der Waals surface area contributed by atoms with Crippen molar-refractivity contribution in [2.24, 2.45) is 0 Å². The van der Waals surface area contributed by atoms with Crippen LogP contribution in [0, 0.1) is 5.82 Å². The van der Waals surface area contributed by atoms with Crippen molar-refractivity contribution in [1.82, 2.24) is 4.98 Å². The van der Waals surface area contributed by atoms with Gasteiger partial charge in [-0.1, -0.05) is 41.9 Å². The molecule has 6 nitrogen and oxygen atoms in total. The molecule has 0 radical (unpaired) electrons. The van der Waals surface area contributed by atoms with Gasteiger partial charge < -0.3 is 9.47 Å². The Balaban J connectivity index is 1.63. The Morgan fingerprint density at radius 3 is 2.54 bits per heavy atom. The summed E-state index contributed by atoms with van der Waals surface area (Å²) in [6.07, 6.45) is 2.26. The first-order valence-corrected chi connectivity index (χ1v) is 14.8. The molecule has 4 aromatic rings. The van der Waals surface area contributed by atoms with E-state index in [4.69, 9.17) is 21.1 Å². The van der Waals surface area contributed by atoms with Crippen LogP contribution in [0.2, 0.25) is 5.02 Å². The van der Waals surface area contributed by atoms with E-state index < -0.39 is 20.7 Å². The molecule has 11 heteroatoms. The number of methoxy groups -OCH3 is 2. The largest absolute Gasteiger partial charge is 0.497 e. The highest BCUT2D eigenvalue weighted by atomic mass is 35.5. The zero-order valence-electron chi connectivity index (χ0n) is 20.1. The second-order valence-corrected chi connectivity index (χ2v) is 12.0. The van der Waals surface area contributed by atoms with Gasteiger partial charge in [0.2, 0.25) is 0 Å². The molecular weight excluding hydrogens is 555 g/mol. The number of thioether (sulfide) groups is 1. The first kappa shape index (κ1) is 27.3. The van der Waals surface area contributed by atoms with Gasteiger partial charge in [-0.25, -0.2) is 22.1 Å². The number of sulfonamides is 1. The van der Waals surface area contributed by atoms with E-state index in [0.29, 0.717) is 27.7 Å². The minimum atomic E-state index is -4.37. The van der Waals surface area contributed by atoms with Crippen LogP contribution in [0.1, 0.15) is 11.1 Å². The third-order valence-corrected chi connectivity index (χ3v) is 9.63. The number of anilines is 1. The highest BCUT2D eigenvalue weighted by molar-refractivity contribution is 7.99. The van der Waals surface area contributed by atoms with E-state index in [1.165, 1.54) is 44.3 Å². The van der Waals surface area contributed by atoms with Crippen LogP contribution < -0.4 is 13.8 Å². The second-order valence-electron chi connectivity index (χ2n) is 7.80. The Hall–Kier alpha value is -2.79. The van der Waals surface area contributed by atoms with Gasteiger partial charge in [0.05, 0.1) is 25.8 Å². The third-order valence-electron chi connectivity index (χ3n) is 5.49. The van der Waals surface area contributed by atoms with Crippen molar-refractivity contribution in [3.05, 3.63) is 94.2 Å². The van der Waals surface area contributed by atoms with Crippen LogP contribution in [-0.4, -0.2) is 33.4 Å². The molecule has 4 rings (SSSR count). The Bertz CT molecular complexity index is 1450. The van der Waals surface area contributed by atoms with Crippen molar-refractivity contribution >= 4 is 49.9 Å². The van der Waals surface area contributed by atoms with Crippen LogP contribution in [0.4, 0.5) is 9.52 Å². The highest BCUT2D eigenvalue weighted by Gasteiger charge is 2.31. The van der Waals surface area contributed by atoms with E-state index >= 15 is 4.39 Å². The maximum absolute atomic E-state index is 15.3. The molecular formula is C26H24ClFN2O4S3. The summed E-state index contributed by atoms with van der Waals surface area (Å²) in [4.78, 5) is 4.13. The molecule has 0 aliphatic carbocycles. The fraction of sp³-hybridized carbons (Fsp3) is 0.192. The molecule has 0 saturated heterocycles. The molecule has 37 heavy (non-hydrogen) atoms. The number of benzene rings is 3. The number of hydrogen-bond donors (Lipinski definition) is 0. The number of aryl methyl sites for hydroxylation is 1. The van der Waals surface area contributed by atoms with E-state index in [1.54, 1.807) is 23.6 Å². The molecule has 0 unspecified atom stereocenters. The van der Waals surface area contributed by atoms with Gasteiger partial charge in [-0.15, -0.1) is 23.1 Å². The highest BCUT2D eigenvalue weighted by Crippen LogP contribution is 2.36. The molecule has 0 atom stereocenters. The number of hydrogen-bond acceptors (Lipinski definition) is 7. The average molecular weight is 579 g/mol. The van der Waals surface area contributed by atoms with Crippen LogP contribution in [-0.2, 0) is 23.0 Å². The first-order valence-electron chi connectivity index (χ1n) is 11.1. The fourth-order valence-corrected chi connectivity index (χ4v) is 7.27. The first-order chi connectivity index (χ1) is 17.8. The van der Waals surface area contributed by atoms with Crippen molar-refractivity contribution < 1.29 is 22.3 Å². The van der Waals surface area contributed by atoms with Gasteiger partial charge in [0.1, 0.15) is 22.2 Å². The van der Waals surface area contributed by atoms with Gasteiger partial charge in [-0.05, 0) is 36.2 Å². The van der Waals surface area contributed by atoms with Gasteiger partial charge in [0.15, 0.2) is 5.13 Å². The predicted octanol–water partition coefficient (Wildman–Crippen LogP) is 6.68. The van der Waals surface area contributed by atoms with Crippen molar-refractivity contribution in [3.63, 3.8) is 0 Å². The molecule has 0 saturated carbocycles. The van der Waals surface area contributed by atoms with E-state index in [-0.39, 0.29) is 16.7 Å². The number of ether oxygens (including phenoxy) is 2. The van der Waals surface area contributed by atoms with Gasteiger partial charge in [-0.2, -0.15) is 0 Å². The zero-order valence-corrected chi connectivity index (χ0v) is 23.3. The summed E-state index contributed by atoms with van der Waals surface area (Å²) < 4.78 is 54.6. The van der Waals surface area contributed by atoms with Crippen LogP contribution in [0.15, 0.2) is 82.0 Å². The van der Waals surface area contributed by atoms with Crippen molar-refractivity contribution in [3.8, 4) is 11.5 Å². The van der Waals surface area contributed by atoms with Crippen LogP contribution in [0.3, 0.4) is 0 Å². The summed E-state index contributed by atoms with van der Waals surface area (Å²) in [6.45, 7) is -0.131. The Morgan fingerprint density at radius 2 is 1.86 bits per heavy atom. The second kappa shape index (κ2) is 12.2. The predicted molar refractivity (Wildman–Crippen MR) is 147 cm³/mol. The fourth-order valence-electron chi connectivity index (χ4n) is 3.59. The summed E-state index contributed by atoms with van der Waals surface area (Å²) in [7, 11) is -1.37. The topological polar surface area (TPSA) is 68.7 Å². The smallest absolute Gasteiger partial charge is 0.269 e. The minimum Gasteiger partial charge on any atom is -0.497 e. The quantitative estimate of drug-likeness (QED) is 0.185.